The van der Waals surface area contributed by atoms with Crippen LogP contribution < -0.4 is 10.1 Å². The minimum Gasteiger partial charge on any atom is -0.474 e. The maximum absolute atomic E-state index is 6.07. The normalized spacial score (nSPS) is 19.3. The first-order chi connectivity index (χ1) is 8.83. The van der Waals surface area contributed by atoms with Crippen molar-refractivity contribution in [1.29, 1.82) is 0 Å². The molecule has 0 amide bonds. The van der Waals surface area contributed by atoms with Gasteiger partial charge in [0, 0.05) is 6.04 Å². The molecule has 1 aliphatic heterocycles. The molecule has 1 N–H and O–H groups in total. The molecule has 0 radical (unpaired) electrons. The van der Waals surface area contributed by atoms with Gasteiger partial charge in [0.15, 0.2) is 5.15 Å². The fourth-order valence-corrected chi connectivity index (χ4v) is 2.32. The number of fused-ring (bicyclic) bond motifs is 1. The summed E-state index contributed by atoms with van der Waals surface area (Å²) in [4.78, 5) is 8.67. The van der Waals surface area contributed by atoms with Crippen LogP contribution in [0.5, 0.6) is 5.88 Å². The Hall–Kier alpha value is -1.39. The van der Waals surface area contributed by atoms with Crippen molar-refractivity contribution in [1.82, 2.24) is 15.3 Å². The number of aromatic nitrogens is 2. The van der Waals surface area contributed by atoms with Gasteiger partial charge in [-0.25, -0.2) is 9.97 Å². The summed E-state index contributed by atoms with van der Waals surface area (Å²) in [7, 11) is 0. The van der Waals surface area contributed by atoms with Crippen molar-refractivity contribution in [3.05, 3.63) is 29.4 Å². The summed E-state index contributed by atoms with van der Waals surface area (Å²) < 4.78 is 5.66. The van der Waals surface area contributed by atoms with Crippen LogP contribution in [0.3, 0.4) is 0 Å². The first kappa shape index (κ1) is 11.7. The standard InChI is InChI=1S/C13H14ClN3O/c14-12-13(18-8-9-4-3-7-15-9)17-11-6-2-1-5-10(11)16-12/h1-2,5-6,9,15H,3-4,7-8H2. The third-order valence-electron chi connectivity index (χ3n) is 3.08. The van der Waals surface area contributed by atoms with E-state index in [1.165, 1.54) is 6.42 Å². The molecule has 2 heterocycles. The molecule has 0 saturated carbocycles. The van der Waals surface area contributed by atoms with E-state index in [2.05, 4.69) is 15.3 Å². The lowest BCUT2D eigenvalue weighted by atomic mass is 10.2. The molecular weight excluding hydrogens is 250 g/mol. The van der Waals surface area contributed by atoms with Gasteiger partial charge in [-0.3, -0.25) is 0 Å². The Labute approximate surface area is 110 Å². The van der Waals surface area contributed by atoms with Crippen LogP contribution in [-0.2, 0) is 0 Å². The SMILES string of the molecule is Clc1nc2ccccc2nc1OCC1CCCN1. The van der Waals surface area contributed by atoms with E-state index in [4.69, 9.17) is 16.3 Å². The average Bonchev–Trinajstić information content (AvgIpc) is 2.89. The predicted octanol–water partition coefficient (Wildman–Crippen LogP) is 2.41. The summed E-state index contributed by atoms with van der Waals surface area (Å²) in [5.74, 6) is 0.420. The molecule has 18 heavy (non-hydrogen) atoms. The van der Waals surface area contributed by atoms with Crippen molar-refractivity contribution < 1.29 is 4.74 Å². The quantitative estimate of drug-likeness (QED) is 0.924. The predicted molar refractivity (Wildman–Crippen MR) is 71.1 cm³/mol. The summed E-state index contributed by atoms with van der Waals surface area (Å²) in [6.07, 6.45) is 2.34. The van der Waals surface area contributed by atoms with Gasteiger partial charge in [0.05, 0.1) is 11.0 Å². The van der Waals surface area contributed by atoms with E-state index in [0.29, 0.717) is 23.7 Å². The molecule has 1 unspecified atom stereocenters. The number of ether oxygens (including phenoxy) is 1. The zero-order valence-corrected chi connectivity index (χ0v) is 10.7. The number of halogens is 1. The lowest BCUT2D eigenvalue weighted by molar-refractivity contribution is 0.267. The Bertz CT molecular complexity index is 555. The number of rotatable bonds is 3. The van der Waals surface area contributed by atoms with Crippen molar-refractivity contribution in [2.45, 2.75) is 18.9 Å². The van der Waals surface area contributed by atoms with E-state index in [1.54, 1.807) is 0 Å². The number of hydrogen-bond acceptors (Lipinski definition) is 4. The van der Waals surface area contributed by atoms with Crippen molar-refractivity contribution >= 4 is 22.6 Å². The number of hydrogen-bond donors (Lipinski definition) is 1. The summed E-state index contributed by atoms with van der Waals surface area (Å²) in [6, 6.07) is 8.02. The first-order valence-electron chi connectivity index (χ1n) is 6.11. The molecule has 2 aromatic rings. The molecule has 94 valence electrons. The second-order valence-electron chi connectivity index (χ2n) is 4.41. The van der Waals surface area contributed by atoms with Crippen LogP contribution in [0.1, 0.15) is 12.8 Å². The smallest absolute Gasteiger partial charge is 0.252 e. The van der Waals surface area contributed by atoms with Gasteiger partial charge in [0.2, 0.25) is 0 Å². The zero-order chi connectivity index (χ0) is 12.4. The maximum Gasteiger partial charge on any atom is 0.252 e. The fourth-order valence-electron chi connectivity index (χ4n) is 2.13. The lowest BCUT2D eigenvalue weighted by Crippen LogP contribution is -2.28. The molecule has 1 fully saturated rings. The first-order valence-corrected chi connectivity index (χ1v) is 6.49. The van der Waals surface area contributed by atoms with E-state index in [9.17, 15) is 0 Å². The fraction of sp³-hybridized carbons (Fsp3) is 0.385. The molecule has 4 nitrogen and oxygen atoms in total. The van der Waals surface area contributed by atoms with Gasteiger partial charge in [0.1, 0.15) is 6.61 Å². The Balaban J connectivity index is 1.80. The van der Waals surface area contributed by atoms with Crippen LogP contribution >= 0.6 is 11.6 Å². The molecule has 0 spiro atoms. The van der Waals surface area contributed by atoms with Gasteiger partial charge in [-0.15, -0.1) is 0 Å². The minimum absolute atomic E-state index is 0.326. The Kier molecular flexibility index (Phi) is 3.30. The van der Waals surface area contributed by atoms with Crippen LogP contribution in [0, 0.1) is 0 Å². The largest absolute Gasteiger partial charge is 0.474 e. The highest BCUT2D eigenvalue weighted by Gasteiger charge is 2.16. The molecule has 3 rings (SSSR count). The third kappa shape index (κ3) is 2.40. The van der Waals surface area contributed by atoms with Crippen molar-refractivity contribution in [2.75, 3.05) is 13.2 Å². The molecule has 1 aromatic heterocycles. The lowest BCUT2D eigenvalue weighted by Gasteiger charge is -2.12. The second-order valence-corrected chi connectivity index (χ2v) is 4.77. The number of nitrogens with one attached hydrogen (secondary N) is 1. The van der Waals surface area contributed by atoms with E-state index >= 15 is 0 Å². The molecule has 0 aliphatic carbocycles. The molecule has 0 bridgehead atoms. The highest BCUT2D eigenvalue weighted by atomic mass is 35.5. The topological polar surface area (TPSA) is 47.0 Å². The Morgan fingerprint density at radius 2 is 2.06 bits per heavy atom. The summed E-state index contributed by atoms with van der Waals surface area (Å²) in [6.45, 7) is 1.65. The van der Waals surface area contributed by atoms with Crippen LogP contribution in [0.2, 0.25) is 5.15 Å². The summed E-state index contributed by atoms with van der Waals surface area (Å²) in [5, 5.41) is 3.69. The van der Waals surface area contributed by atoms with Crippen LogP contribution in [0.25, 0.3) is 11.0 Å². The monoisotopic (exact) mass is 263 g/mol. The average molecular weight is 264 g/mol. The molecule has 1 aliphatic rings. The Morgan fingerprint density at radius 3 is 2.78 bits per heavy atom. The van der Waals surface area contributed by atoms with Crippen molar-refractivity contribution in [2.24, 2.45) is 0 Å². The summed E-state index contributed by atoms with van der Waals surface area (Å²) >= 11 is 6.07. The van der Waals surface area contributed by atoms with Gasteiger partial charge in [-0.2, -0.15) is 0 Å². The van der Waals surface area contributed by atoms with Gasteiger partial charge in [0.25, 0.3) is 5.88 Å². The highest BCUT2D eigenvalue weighted by Crippen LogP contribution is 2.23. The van der Waals surface area contributed by atoms with E-state index in [0.717, 1.165) is 24.0 Å². The van der Waals surface area contributed by atoms with Gasteiger partial charge in [-0.1, -0.05) is 23.7 Å². The molecule has 1 aromatic carbocycles. The second kappa shape index (κ2) is 5.08. The number of para-hydroxylation sites is 2. The number of nitrogens with zero attached hydrogens (tertiary/aromatic N) is 2. The minimum atomic E-state index is 0.326. The van der Waals surface area contributed by atoms with E-state index in [-0.39, 0.29) is 0 Å². The third-order valence-corrected chi connectivity index (χ3v) is 3.33. The van der Waals surface area contributed by atoms with Crippen LogP contribution in [-0.4, -0.2) is 29.2 Å². The maximum atomic E-state index is 6.07. The van der Waals surface area contributed by atoms with E-state index < -0.39 is 0 Å². The molecule has 1 atom stereocenters. The molecule has 5 heteroatoms. The molecule has 1 saturated heterocycles. The number of benzene rings is 1. The van der Waals surface area contributed by atoms with Gasteiger partial charge >= 0.3 is 0 Å². The van der Waals surface area contributed by atoms with Crippen LogP contribution in [0.4, 0.5) is 0 Å². The zero-order valence-electron chi connectivity index (χ0n) is 9.90. The van der Waals surface area contributed by atoms with E-state index in [1.807, 2.05) is 24.3 Å². The van der Waals surface area contributed by atoms with Gasteiger partial charge < -0.3 is 10.1 Å². The van der Waals surface area contributed by atoms with Crippen LogP contribution in [0.15, 0.2) is 24.3 Å². The van der Waals surface area contributed by atoms with Crippen molar-refractivity contribution in [3.8, 4) is 5.88 Å². The molecular formula is C13H14ClN3O. The Morgan fingerprint density at radius 1 is 1.28 bits per heavy atom. The highest BCUT2D eigenvalue weighted by molar-refractivity contribution is 6.31. The summed E-state index contributed by atoms with van der Waals surface area (Å²) in [5.41, 5.74) is 1.59. The van der Waals surface area contributed by atoms with Crippen molar-refractivity contribution in [3.63, 3.8) is 0 Å². The van der Waals surface area contributed by atoms with Gasteiger partial charge in [-0.05, 0) is 31.5 Å².